The molecule has 1 unspecified atom stereocenters. The molecule has 0 saturated carbocycles. The van der Waals surface area contributed by atoms with Crippen molar-refractivity contribution < 1.29 is 27.9 Å². The second-order valence-corrected chi connectivity index (χ2v) is 7.37. The Hall–Kier alpha value is -2.52. The molecule has 9 heteroatoms. The Morgan fingerprint density at radius 3 is 2.44 bits per heavy atom. The highest BCUT2D eigenvalue weighted by atomic mass is 32.2. The standard InChI is InChI=1S/C16H18N2O6S/c1-9(2)13(15(19)20)18-25(22,23)12-6-4-5-11-10(12)7-8-17-14(11)16(21)24-3/h4-9,13,18H,1-3H3,(H,19,20). The molecule has 0 fully saturated rings. The topological polar surface area (TPSA) is 123 Å². The summed E-state index contributed by atoms with van der Waals surface area (Å²) in [7, 11) is -2.94. The molecule has 0 saturated heterocycles. The molecule has 0 spiro atoms. The number of hydrogen-bond donors (Lipinski definition) is 2. The van der Waals surface area contributed by atoms with Crippen LogP contribution in [-0.4, -0.2) is 43.6 Å². The summed E-state index contributed by atoms with van der Waals surface area (Å²) in [5.74, 6) is -2.41. The zero-order valence-electron chi connectivity index (χ0n) is 13.9. The number of rotatable bonds is 6. The molecule has 2 rings (SSSR count). The van der Waals surface area contributed by atoms with Gasteiger partial charge in [-0.2, -0.15) is 4.72 Å². The summed E-state index contributed by atoms with van der Waals surface area (Å²) in [6, 6.07) is 4.51. The van der Waals surface area contributed by atoms with Gasteiger partial charge in [0.2, 0.25) is 10.0 Å². The number of methoxy groups -OCH3 is 1. The number of carbonyl (C=O) groups is 2. The van der Waals surface area contributed by atoms with E-state index in [1.807, 2.05) is 0 Å². The van der Waals surface area contributed by atoms with Gasteiger partial charge in [-0.3, -0.25) is 4.79 Å². The summed E-state index contributed by atoms with van der Waals surface area (Å²) in [4.78, 5) is 26.9. The molecule has 0 aliphatic carbocycles. The van der Waals surface area contributed by atoms with E-state index in [9.17, 15) is 23.1 Å². The van der Waals surface area contributed by atoms with E-state index in [1.165, 1.54) is 31.5 Å². The van der Waals surface area contributed by atoms with E-state index in [2.05, 4.69) is 14.4 Å². The Morgan fingerprint density at radius 1 is 1.20 bits per heavy atom. The number of carboxylic acids is 1. The molecule has 1 heterocycles. The van der Waals surface area contributed by atoms with Crippen LogP contribution in [0.5, 0.6) is 0 Å². The first-order valence-electron chi connectivity index (χ1n) is 7.40. The molecule has 25 heavy (non-hydrogen) atoms. The van der Waals surface area contributed by atoms with E-state index in [0.29, 0.717) is 5.39 Å². The van der Waals surface area contributed by atoms with Gasteiger partial charge in [-0.05, 0) is 18.1 Å². The first-order chi connectivity index (χ1) is 11.7. The number of aliphatic carboxylic acids is 1. The zero-order valence-corrected chi connectivity index (χ0v) is 14.7. The quantitative estimate of drug-likeness (QED) is 0.741. The molecule has 1 atom stereocenters. The molecule has 0 radical (unpaired) electrons. The molecule has 134 valence electrons. The smallest absolute Gasteiger partial charge is 0.357 e. The zero-order chi connectivity index (χ0) is 18.8. The molecular weight excluding hydrogens is 348 g/mol. The van der Waals surface area contributed by atoms with Crippen LogP contribution >= 0.6 is 0 Å². The second-order valence-electron chi connectivity index (χ2n) is 5.68. The predicted octanol–water partition coefficient (Wildman–Crippen LogP) is 1.41. The van der Waals surface area contributed by atoms with E-state index < -0.39 is 33.9 Å². The summed E-state index contributed by atoms with van der Waals surface area (Å²) in [6.45, 7) is 3.20. The molecule has 2 N–H and O–H groups in total. The second kappa shape index (κ2) is 7.16. The fourth-order valence-electron chi connectivity index (χ4n) is 2.37. The number of aromatic nitrogens is 1. The van der Waals surface area contributed by atoms with Crippen LogP contribution in [0.3, 0.4) is 0 Å². The van der Waals surface area contributed by atoms with Crippen LogP contribution < -0.4 is 4.72 Å². The van der Waals surface area contributed by atoms with Gasteiger partial charge < -0.3 is 9.84 Å². The number of ether oxygens (including phenoxy) is 1. The van der Waals surface area contributed by atoms with Gasteiger partial charge in [0.15, 0.2) is 5.69 Å². The largest absolute Gasteiger partial charge is 0.480 e. The normalized spacial score (nSPS) is 13.0. The van der Waals surface area contributed by atoms with Gasteiger partial charge >= 0.3 is 11.9 Å². The van der Waals surface area contributed by atoms with E-state index >= 15 is 0 Å². The number of esters is 1. The third-order valence-corrected chi connectivity index (χ3v) is 5.15. The number of pyridine rings is 1. The lowest BCUT2D eigenvalue weighted by molar-refractivity contribution is -0.140. The summed E-state index contributed by atoms with van der Waals surface area (Å²) in [5.41, 5.74) is -0.0179. The van der Waals surface area contributed by atoms with Crippen LogP contribution in [0.15, 0.2) is 35.4 Å². The number of nitrogens with zero attached hydrogens (tertiary/aromatic N) is 1. The van der Waals surface area contributed by atoms with E-state index in [4.69, 9.17) is 0 Å². The Labute approximate surface area is 144 Å². The molecule has 1 aromatic heterocycles. The van der Waals surface area contributed by atoms with Crippen molar-refractivity contribution in [2.24, 2.45) is 5.92 Å². The lowest BCUT2D eigenvalue weighted by atomic mass is 10.1. The summed E-state index contributed by atoms with van der Waals surface area (Å²) < 4.78 is 32.3. The van der Waals surface area contributed by atoms with Crippen LogP contribution in [0.25, 0.3) is 10.8 Å². The van der Waals surface area contributed by atoms with Crippen molar-refractivity contribution >= 4 is 32.7 Å². The van der Waals surface area contributed by atoms with Crippen LogP contribution in [0.4, 0.5) is 0 Å². The Balaban J connectivity index is 2.61. The van der Waals surface area contributed by atoms with Gasteiger partial charge in [0.25, 0.3) is 0 Å². The molecule has 0 aliphatic rings. The van der Waals surface area contributed by atoms with E-state index in [1.54, 1.807) is 19.9 Å². The van der Waals surface area contributed by atoms with Crippen molar-refractivity contribution in [3.05, 3.63) is 36.2 Å². The fraction of sp³-hybridized carbons (Fsp3) is 0.312. The van der Waals surface area contributed by atoms with Crippen molar-refractivity contribution in [2.45, 2.75) is 24.8 Å². The third kappa shape index (κ3) is 3.77. The molecular formula is C16H18N2O6S. The average molecular weight is 366 g/mol. The number of fused-ring (bicyclic) bond motifs is 1. The summed E-state index contributed by atoms with van der Waals surface area (Å²) in [6.07, 6.45) is 1.30. The lowest BCUT2D eigenvalue weighted by Crippen LogP contribution is -2.44. The van der Waals surface area contributed by atoms with Crippen molar-refractivity contribution in [3.8, 4) is 0 Å². The van der Waals surface area contributed by atoms with Gasteiger partial charge in [-0.25, -0.2) is 18.2 Å². The van der Waals surface area contributed by atoms with Crippen LogP contribution in [-0.2, 0) is 19.6 Å². The molecule has 8 nitrogen and oxygen atoms in total. The maximum Gasteiger partial charge on any atom is 0.357 e. The number of nitrogens with one attached hydrogen (secondary N) is 1. The first-order valence-corrected chi connectivity index (χ1v) is 8.88. The van der Waals surface area contributed by atoms with Gasteiger partial charge in [0, 0.05) is 17.0 Å². The van der Waals surface area contributed by atoms with Gasteiger partial charge in [0.1, 0.15) is 6.04 Å². The van der Waals surface area contributed by atoms with Crippen molar-refractivity contribution in [1.29, 1.82) is 0 Å². The van der Waals surface area contributed by atoms with E-state index in [0.717, 1.165) is 0 Å². The number of carbonyl (C=O) groups excluding carboxylic acids is 1. The number of sulfonamides is 1. The maximum atomic E-state index is 12.7. The average Bonchev–Trinajstić information content (AvgIpc) is 2.57. The Bertz CT molecular complexity index is 923. The summed E-state index contributed by atoms with van der Waals surface area (Å²) >= 11 is 0. The SMILES string of the molecule is COC(=O)c1nccc2c(S(=O)(=O)NC(C(=O)O)C(C)C)cccc12. The molecule has 0 aliphatic heterocycles. The molecule has 0 bridgehead atoms. The van der Waals surface area contributed by atoms with Gasteiger partial charge in [-0.1, -0.05) is 26.0 Å². The molecule has 2 aromatic rings. The van der Waals surface area contributed by atoms with E-state index in [-0.39, 0.29) is 16.0 Å². The highest BCUT2D eigenvalue weighted by molar-refractivity contribution is 7.89. The van der Waals surface area contributed by atoms with Gasteiger partial charge in [-0.15, -0.1) is 0 Å². The van der Waals surface area contributed by atoms with Crippen LogP contribution in [0.2, 0.25) is 0 Å². The minimum Gasteiger partial charge on any atom is -0.480 e. The third-order valence-electron chi connectivity index (χ3n) is 3.65. The highest BCUT2D eigenvalue weighted by Crippen LogP contribution is 2.25. The minimum absolute atomic E-state index is 0.0179. The minimum atomic E-state index is -4.14. The molecule has 0 amide bonds. The Kier molecular flexibility index (Phi) is 5.39. The van der Waals surface area contributed by atoms with Gasteiger partial charge in [0.05, 0.1) is 12.0 Å². The maximum absolute atomic E-state index is 12.7. The van der Waals surface area contributed by atoms with Crippen molar-refractivity contribution in [2.75, 3.05) is 7.11 Å². The fourth-order valence-corrected chi connectivity index (χ4v) is 3.93. The first kappa shape index (κ1) is 18.8. The highest BCUT2D eigenvalue weighted by Gasteiger charge is 2.29. The predicted molar refractivity (Wildman–Crippen MR) is 89.7 cm³/mol. The number of hydrogen-bond acceptors (Lipinski definition) is 6. The number of carboxylic acid groups (broad SMARTS) is 1. The van der Waals surface area contributed by atoms with Crippen LogP contribution in [0.1, 0.15) is 24.3 Å². The monoisotopic (exact) mass is 366 g/mol. The summed E-state index contributed by atoms with van der Waals surface area (Å²) in [5, 5.41) is 9.77. The Morgan fingerprint density at radius 2 is 1.88 bits per heavy atom. The van der Waals surface area contributed by atoms with Crippen molar-refractivity contribution in [1.82, 2.24) is 9.71 Å². The number of benzene rings is 1. The molecule has 1 aromatic carbocycles. The lowest BCUT2D eigenvalue weighted by Gasteiger charge is -2.18. The van der Waals surface area contributed by atoms with Crippen molar-refractivity contribution in [3.63, 3.8) is 0 Å². The van der Waals surface area contributed by atoms with Crippen LogP contribution in [0, 0.1) is 5.92 Å².